The maximum Gasteiger partial charge on any atom is 0.0361 e. The van der Waals surface area contributed by atoms with Gasteiger partial charge in [0.15, 0.2) is 0 Å². The van der Waals surface area contributed by atoms with E-state index in [0.717, 1.165) is 13.0 Å². The molecule has 0 radical (unpaired) electrons. The minimum Gasteiger partial charge on any atom is -0.329 e. The standard InChI is InChI=1S/C16H20N2/c17-11-12-18-16(15-9-5-2-6-10-15)13-14-7-3-1-4-8-14/h1-10,16,18H,11-13,17H2. The molecule has 18 heavy (non-hydrogen) atoms. The summed E-state index contributed by atoms with van der Waals surface area (Å²) >= 11 is 0. The summed E-state index contributed by atoms with van der Waals surface area (Å²) < 4.78 is 0. The van der Waals surface area contributed by atoms with Crippen molar-refractivity contribution in [1.82, 2.24) is 5.32 Å². The molecular weight excluding hydrogens is 220 g/mol. The molecule has 3 N–H and O–H groups in total. The van der Waals surface area contributed by atoms with Crippen molar-refractivity contribution in [2.24, 2.45) is 5.73 Å². The molecule has 2 aromatic carbocycles. The lowest BCUT2D eigenvalue weighted by Gasteiger charge is -2.19. The fourth-order valence-electron chi connectivity index (χ4n) is 2.10. The van der Waals surface area contributed by atoms with Crippen LogP contribution in [-0.2, 0) is 6.42 Å². The molecule has 2 aromatic rings. The van der Waals surface area contributed by atoms with Gasteiger partial charge in [-0.25, -0.2) is 0 Å². The van der Waals surface area contributed by atoms with E-state index >= 15 is 0 Å². The van der Waals surface area contributed by atoms with Gasteiger partial charge in [-0.15, -0.1) is 0 Å². The van der Waals surface area contributed by atoms with Crippen molar-refractivity contribution in [3.8, 4) is 0 Å². The third-order valence-corrected chi connectivity index (χ3v) is 3.02. The van der Waals surface area contributed by atoms with E-state index in [1.807, 2.05) is 12.1 Å². The summed E-state index contributed by atoms with van der Waals surface area (Å²) in [5.41, 5.74) is 8.24. The van der Waals surface area contributed by atoms with Crippen LogP contribution in [0.3, 0.4) is 0 Å². The highest BCUT2D eigenvalue weighted by atomic mass is 14.9. The average Bonchev–Trinajstić information content (AvgIpc) is 2.45. The van der Waals surface area contributed by atoms with E-state index in [1.165, 1.54) is 11.1 Å². The molecule has 0 spiro atoms. The normalized spacial score (nSPS) is 12.3. The zero-order valence-electron chi connectivity index (χ0n) is 10.5. The molecule has 94 valence electrons. The summed E-state index contributed by atoms with van der Waals surface area (Å²) in [5, 5.41) is 3.51. The molecule has 0 amide bonds. The van der Waals surface area contributed by atoms with Crippen molar-refractivity contribution in [2.75, 3.05) is 13.1 Å². The van der Waals surface area contributed by atoms with Crippen LogP contribution in [0, 0.1) is 0 Å². The Labute approximate surface area is 109 Å². The van der Waals surface area contributed by atoms with E-state index in [0.29, 0.717) is 12.6 Å². The van der Waals surface area contributed by atoms with Crippen LogP contribution in [0.25, 0.3) is 0 Å². The third-order valence-electron chi connectivity index (χ3n) is 3.02. The van der Waals surface area contributed by atoms with E-state index in [9.17, 15) is 0 Å². The van der Waals surface area contributed by atoms with Crippen LogP contribution in [0.1, 0.15) is 17.2 Å². The van der Waals surface area contributed by atoms with Gasteiger partial charge in [0.25, 0.3) is 0 Å². The Kier molecular flexibility index (Phi) is 4.94. The van der Waals surface area contributed by atoms with Gasteiger partial charge < -0.3 is 11.1 Å². The van der Waals surface area contributed by atoms with Gasteiger partial charge in [0.1, 0.15) is 0 Å². The molecule has 0 aliphatic heterocycles. The van der Waals surface area contributed by atoms with Crippen LogP contribution in [0.4, 0.5) is 0 Å². The molecule has 2 rings (SSSR count). The van der Waals surface area contributed by atoms with Crippen LogP contribution in [0.15, 0.2) is 60.7 Å². The van der Waals surface area contributed by atoms with Crippen molar-refractivity contribution < 1.29 is 0 Å². The largest absolute Gasteiger partial charge is 0.329 e. The quantitative estimate of drug-likeness (QED) is 0.814. The highest BCUT2D eigenvalue weighted by Crippen LogP contribution is 2.17. The molecule has 0 saturated carbocycles. The predicted octanol–water partition coefficient (Wildman–Crippen LogP) is 2.52. The summed E-state index contributed by atoms with van der Waals surface area (Å²) in [6.45, 7) is 1.50. The molecule has 1 atom stereocenters. The second kappa shape index (κ2) is 6.94. The first kappa shape index (κ1) is 12.8. The van der Waals surface area contributed by atoms with E-state index in [4.69, 9.17) is 5.73 Å². The third kappa shape index (κ3) is 3.69. The van der Waals surface area contributed by atoms with Gasteiger partial charge in [-0.1, -0.05) is 60.7 Å². The van der Waals surface area contributed by atoms with E-state index in [1.54, 1.807) is 0 Å². The SMILES string of the molecule is NCCNC(Cc1ccccc1)c1ccccc1. The smallest absolute Gasteiger partial charge is 0.0361 e. The Morgan fingerprint density at radius 3 is 2.11 bits per heavy atom. The summed E-state index contributed by atoms with van der Waals surface area (Å²) in [7, 11) is 0. The molecule has 0 bridgehead atoms. The fraction of sp³-hybridized carbons (Fsp3) is 0.250. The molecule has 2 nitrogen and oxygen atoms in total. The van der Waals surface area contributed by atoms with Gasteiger partial charge in [0.2, 0.25) is 0 Å². The molecular formula is C16H20N2. The van der Waals surface area contributed by atoms with Crippen LogP contribution < -0.4 is 11.1 Å². The highest BCUT2D eigenvalue weighted by molar-refractivity contribution is 5.23. The lowest BCUT2D eigenvalue weighted by Crippen LogP contribution is -2.28. The number of hydrogen-bond acceptors (Lipinski definition) is 2. The fourth-order valence-corrected chi connectivity index (χ4v) is 2.10. The first-order valence-corrected chi connectivity index (χ1v) is 6.42. The highest BCUT2D eigenvalue weighted by Gasteiger charge is 2.10. The van der Waals surface area contributed by atoms with Gasteiger partial charge in [-0.3, -0.25) is 0 Å². The van der Waals surface area contributed by atoms with Crippen LogP contribution in [0.2, 0.25) is 0 Å². The number of rotatable bonds is 6. The lowest BCUT2D eigenvalue weighted by molar-refractivity contribution is 0.538. The van der Waals surface area contributed by atoms with Crippen molar-refractivity contribution in [3.63, 3.8) is 0 Å². The first-order chi connectivity index (χ1) is 8.90. The second-order valence-electron chi connectivity index (χ2n) is 4.40. The maximum absolute atomic E-state index is 5.59. The minimum atomic E-state index is 0.331. The summed E-state index contributed by atoms with van der Waals surface area (Å²) in [4.78, 5) is 0. The van der Waals surface area contributed by atoms with Gasteiger partial charge in [0, 0.05) is 19.1 Å². The number of benzene rings is 2. The Hall–Kier alpha value is -1.64. The molecule has 0 aliphatic rings. The number of hydrogen-bond donors (Lipinski definition) is 2. The molecule has 0 saturated heterocycles. The molecule has 1 unspecified atom stereocenters. The molecule has 0 heterocycles. The van der Waals surface area contributed by atoms with Crippen molar-refractivity contribution in [3.05, 3.63) is 71.8 Å². The topological polar surface area (TPSA) is 38.0 Å². The van der Waals surface area contributed by atoms with E-state index in [-0.39, 0.29) is 0 Å². The summed E-state index contributed by atoms with van der Waals surface area (Å²) in [6.07, 6.45) is 0.991. The van der Waals surface area contributed by atoms with Crippen LogP contribution in [-0.4, -0.2) is 13.1 Å². The van der Waals surface area contributed by atoms with E-state index in [2.05, 4.69) is 53.8 Å². The minimum absolute atomic E-state index is 0.331. The zero-order valence-corrected chi connectivity index (χ0v) is 10.5. The van der Waals surface area contributed by atoms with E-state index < -0.39 is 0 Å². The molecule has 0 aromatic heterocycles. The van der Waals surface area contributed by atoms with Gasteiger partial charge in [-0.2, -0.15) is 0 Å². The first-order valence-electron chi connectivity index (χ1n) is 6.42. The van der Waals surface area contributed by atoms with Crippen molar-refractivity contribution in [2.45, 2.75) is 12.5 Å². The summed E-state index contributed by atoms with van der Waals surface area (Å²) in [5.74, 6) is 0. The van der Waals surface area contributed by atoms with Crippen molar-refractivity contribution >= 4 is 0 Å². The van der Waals surface area contributed by atoms with Gasteiger partial charge in [0.05, 0.1) is 0 Å². The zero-order chi connectivity index (χ0) is 12.6. The van der Waals surface area contributed by atoms with Gasteiger partial charge >= 0.3 is 0 Å². The number of nitrogens with two attached hydrogens (primary N) is 1. The maximum atomic E-state index is 5.59. The molecule has 2 heteroatoms. The molecule has 0 fully saturated rings. The average molecular weight is 240 g/mol. The Morgan fingerprint density at radius 1 is 0.889 bits per heavy atom. The van der Waals surface area contributed by atoms with Crippen LogP contribution >= 0.6 is 0 Å². The molecule has 0 aliphatic carbocycles. The summed E-state index contributed by atoms with van der Waals surface area (Å²) in [6, 6.07) is 21.4. The Morgan fingerprint density at radius 2 is 1.50 bits per heavy atom. The lowest BCUT2D eigenvalue weighted by atomic mass is 9.99. The van der Waals surface area contributed by atoms with Crippen molar-refractivity contribution in [1.29, 1.82) is 0 Å². The second-order valence-corrected chi connectivity index (χ2v) is 4.40. The Bertz CT molecular complexity index is 439. The van der Waals surface area contributed by atoms with Gasteiger partial charge in [-0.05, 0) is 17.5 Å². The monoisotopic (exact) mass is 240 g/mol. The van der Waals surface area contributed by atoms with Crippen LogP contribution in [0.5, 0.6) is 0 Å². The Balaban J connectivity index is 2.10. The number of nitrogens with one attached hydrogen (secondary N) is 1. The predicted molar refractivity (Wildman–Crippen MR) is 76.4 cm³/mol.